The Labute approximate surface area is 174 Å². The van der Waals surface area contributed by atoms with Crippen molar-refractivity contribution in [3.05, 3.63) is 59.0 Å². The van der Waals surface area contributed by atoms with Crippen molar-refractivity contribution in [1.82, 2.24) is 14.3 Å². The van der Waals surface area contributed by atoms with E-state index < -0.39 is 6.29 Å². The lowest BCUT2D eigenvalue weighted by Gasteiger charge is -2.26. The highest BCUT2D eigenvalue weighted by molar-refractivity contribution is 6.33. The zero-order chi connectivity index (χ0) is 20.1. The Morgan fingerprint density at radius 3 is 2.90 bits per heavy atom. The molecule has 0 amide bonds. The first-order chi connectivity index (χ1) is 14.0. The van der Waals surface area contributed by atoms with Crippen LogP contribution in [-0.4, -0.2) is 58.9 Å². The molecule has 7 heteroatoms. The molecule has 0 aliphatic carbocycles. The van der Waals surface area contributed by atoms with Gasteiger partial charge in [-0.3, -0.25) is 0 Å². The summed E-state index contributed by atoms with van der Waals surface area (Å²) in [5, 5.41) is 11.2. The molecule has 4 heterocycles. The van der Waals surface area contributed by atoms with Gasteiger partial charge in [-0.25, -0.2) is 4.98 Å². The highest BCUT2D eigenvalue weighted by Gasteiger charge is 2.27. The topological polar surface area (TPSA) is 53.2 Å². The highest BCUT2D eigenvalue weighted by Crippen LogP contribution is 2.37. The summed E-state index contributed by atoms with van der Waals surface area (Å²) in [5.74, 6) is 0.689. The van der Waals surface area contributed by atoms with Crippen molar-refractivity contribution in [1.29, 1.82) is 0 Å². The van der Waals surface area contributed by atoms with Gasteiger partial charge in [0.25, 0.3) is 0 Å². The number of rotatable bonds is 3. The van der Waals surface area contributed by atoms with E-state index in [-0.39, 0.29) is 0 Å². The van der Waals surface area contributed by atoms with Crippen molar-refractivity contribution in [2.75, 3.05) is 32.1 Å². The predicted octanol–water partition coefficient (Wildman–Crippen LogP) is 3.38. The number of hydrogen-bond donors (Lipinski definition) is 1. The molecule has 1 fully saturated rings. The van der Waals surface area contributed by atoms with Gasteiger partial charge in [-0.15, -0.1) is 0 Å². The van der Waals surface area contributed by atoms with Gasteiger partial charge >= 0.3 is 0 Å². The maximum Gasteiger partial charge on any atom is 0.226 e. The number of fused-ring (bicyclic) bond motifs is 2. The van der Waals surface area contributed by atoms with E-state index in [0.29, 0.717) is 33.7 Å². The third-order valence-corrected chi connectivity index (χ3v) is 6.10. The van der Waals surface area contributed by atoms with Crippen LogP contribution in [0.4, 0.5) is 5.69 Å². The molecular weight excluding hydrogens is 388 g/mol. The Bertz CT molecular complexity index is 1110. The van der Waals surface area contributed by atoms with E-state index in [1.807, 2.05) is 41.1 Å². The Morgan fingerprint density at radius 1 is 1.28 bits per heavy atom. The predicted molar refractivity (Wildman–Crippen MR) is 115 cm³/mol. The molecule has 0 bridgehead atoms. The fraction of sp³-hybridized carbons (Fsp3) is 0.318. The van der Waals surface area contributed by atoms with Gasteiger partial charge in [0.15, 0.2) is 5.65 Å². The second-order valence-electron chi connectivity index (χ2n) is 7.86. The van der Waals surface area contributed by atoms with Gasteiger partial charge in [0.2, 0.25) is 6.29 Å². The lowest BCUT2D eigenvalue weighted by molar-refractivity contribution is 0.0318. The molecule has 2 atom stereocenters. The van der Waals surface area contributed by atoms with Gasteiger partial charge in [-0.1, -0.05) is 11.6 Å². The number of imidazole rings is 1. The Hall–Kier alpha value is -2.54. The molecule has 1 unspecified atom stereocenters. The Morgan fingerprint density at radius 2 is 2.14 bits per heavy atom. The number of aromatic nitrogens is 2. The van der Waals surface area contributed by atoms with Gasteiger partial charge in [0, 0.05) is 54.4 Å². The SMILES string of the molecule is CN(C)[C@H]1CCN(c2ccc3c(c2)OC(O)C(c2cn4cccc(Cl)c4n2)=C3)C1. The average Bonchev–Trinajstić information content (AvgIpc) is 3.35. The number of nitrogens with zero attached hydrogens (tertiary/aromatic N) is 4. The maximum absolute atomic E-state index is 10.6. The quantitative estimate of drug-likeness (QED) is 0.717. The van der Waals surface area contributed by atoms with E-state index in [4.69, 9.17) is 16.3 Å². The molecule has 1 aromatic carbocycles. The van der Waals surface area contributed by atoms with Gasteiger partial charge in [-0.05, 0) is 50.9 Å². The van der Waals surface area contributed by atoms with Crippen LogP contribution in [0.15, 0.2) is 42.7 Å². The first-order valence-corrected chi connectivity index (χ1v) is 10.1. The van der Waals surface area contributed by atoms with Crippen LogP contribution in [0.2, 0.25) is 5.02 Å². The van der Waals surface area contributed by atoms with Gasteiger partial charge in [0.05, 0.1) is 10.7 Å². The van der Waals surface area contributed by atoms with E-state index in [0.717, 1.165) is 30.8 Å². The minimum Gasteiger partial charge on any atom is -0.460 e. The van der Waals surface area contributed by atoms with Crippen molar-refractivity contribution in [3.8, 4) is 5.75 Å². The molecule has 2 aromatic heterocycles. The standard InChI is InChI=1S/C22H23ClN4O2/c1-25(2)16-7-9-26(12-16)15-6-5-14-10-17(22(28)29-20(14)11-15)19-13-27-8-3-4-18(23)21(27)24-19/h3-6,8,10-11,13,16,22,28H,7,9,12H2,1-2H3/t16-,22?/m0/s1. The van der Waals surface area contributed by atoms with Crippen LogP contribution in [0, 0.1) is 0 Å². The lowest BCUT2D eigenvalue weighted by Crippen LogP contribution is -2.31. The molecule has 150 valence electrons. The second-order valence-corrected chi connectivity index (χ2v) is 8.26. The fourth-order valence-electron chi connectivity index (χ4n) is 4.08. The zero-order valence-electron chi connectivity index (χ0n) is 16.4. The summed E-state index contributed by atoms with van der Waals surface area (Å²) in [4.78, 5) is 9.21. The summed E-state index contributed by atoms with van der Waals surface area (Å²) in [5.41, 5.74) is 3.98. The first-order valence-electron chi connectivity index (χ1n) is 9.75. The van der Waals surface area contributed by atoms with Crippen molar-refractivity contribution < 1.29 is 9.84 Å². The van der Waals surface area contributed by atoms with Crippen LogP contribution >= 0.6 is 11.6 Å². The monoisotopic (exact) mass is 410 g/mol. The molecule has 2 aliphatic heterocycles. The number of halogens is 1. The number of benzene rings is 1. The molecular formula is C22H23ClN4O2. The second kappa shape index (κ2) is 7.06. The van der Waals surface area contributed by atoms with Crippen molar-refractivity contribution in [3.63, 3.8) is 0 Å². The van der Waals surface area contributed by atoms with E-state index in [1.54, 1.807) is 6.07 Å². The average molecular weight is 411 g/mol. The molecule has 0 radical (unpaired) electrons. The van der Waals surface area contributed by atoms with E-state index >= 15 is 0 Å². The van der Waals surface area contributed by atoms with Crippen LogP contribution in [0.25, 0.3) is 17.3 Å². The van der Waals surface area contributed by atoms with E-state index in [9.17, 15) is 5.11 Å². The largest absolute Gasteiger partial charge is 0.460 e. The molecule has 2 aliphatic rings. The summed E-state index contributed by atoms with van der Waals surface area (Å²) < 4.78 is 7.71. The number of likely N-dealkylation sites (N-methyl/N-ethyl adjacent to an activating group) is 1. The minimum absolute atomic E-state index is 0.561. The molecule has 6 nitrogen and oxygen atoms in total. The Kier molecular flexibility index (Phi) is 4.50. The number of hydrogen-bond acceptors (Lipinski definition) is 5. The summed E-state index contributed by atoms with van der Waals surface area (Å²) >= 11 is 6.23. The third kappa shape index (κ3) is 3.27. The van der Waals surface area contributed by atoms with Crippen molar-refractivity contribution in [2.24, 2.45) is 0 Å². The van der Waals surface area contributed by atoms with Crippen molar-refractivity contribution >= 4 is 34.6 Å². The summed E-state index contributed by atoms with van der Waals surface area (Å²) in [6.07, 6.45) is 5.74. The zero-order valence-corrected chi connectivity index (χ0v) is 17.2. The molecule has 0 saturated carbocycles. The number of aliphatic hydroxyl groups excluding tert-OH is 1. The number of ether oxygens (including phenoxy) is 1. The normalized spacial score (nSPS) is 21.4. The van der Waals surface area contributed by atoms with Crippen molar-refractivity contribution in [2.45, 2.75) is 18.8 Å². The van der Waals surface area contributed by atoms with Crippen LogP contribution in [0.3, 0.4) is 0 Å². The lowest BCUT2D eigenvalue weighted by atomic mass is 10.0. The molecule has 29 heavy (non-hydrogen) atoms. The van der Waals surface area contributed by atoms with Crippen LogP contribution in [0.1, 0.15) is 17.7 Å². The smallest absolute Gasteiger partial charge is 0.226 e. The minimum atomic E-state index is -1.07. The van der Waals surface area contributed by atoms with E-state index in [1.165, 1.54) is 0 Å². The van der Waals surface area contributed by atoms with Crippen LogP contribution in [0.5, 0.6) is 5.75 Å². The van der Waals surface area contributed by atoms with Crippen LogP contribution < -0.4 is 9.64 Å². The first kappa shape index (κ1) is 18.5. The van der Waals surface area contributed by atoms with Gasteiger partial charge in [0.1, 0.15) is 5.75 Å². The number of pyridine rings is 1. The highest BCUT2D eigenvalue weighted by atomic mass is 35.5. The summed E-state index contributed by atoms with van der Waals surface area (Å²) in [7, 11) is 4.25. The van der Waals surface area contributed by atoms with E-state index in [2.05, 4.69) is 34.9 Å². The molecule has 1 saturated heterocycles. The van der Waals surface area contributed by atoms with Gasteiger partial charge < -0.3 is 24.0 Å². The van der Waals surface area contributed by atoms with Gasteiger partial charge in [-0.2, -0.15) is 0 Å². The fourth-order valence-corrected chi connectivity index (χ4v) is 4.29. The molecule has 5 rings (SSSR count). The number of aliphatic hydroxyl groups is 1. The summed E-state index contributed by atoms with van der Waals surface area (Å²) in [6, 6.07) is 10.4. The van der Waals surface area contributed by atoms with Crippen LogP contribution in [-0.2, 0) is 0 Å². The maximum atomic E-state index is 10.6. The molecule has 0 spiro atoms. The molecule has 3 aromatic rings. The molecule has 1 N–H and O–H groups in total. The summed E-state index contributed by atoms with van der Waals surface area (Å²) in [6.45, 7) is 2.02. The number of anilines is 1. The third-order valence-electron chi connectivity index (χ3n) is 5.80. The Balaban J connectivity index is 1.46.